The molecule has 1 N–H and O–H groups in total. The molecule has 0 saturated carbocycles. The van der Waals surface area contributed by atoms with Crippen LogP contribution < -0.4 is 5.32 Å². The van der Waals surface area contributed by atoms with Crippen molar-refractivity contribution in [2.24, 2.45) is 0 Å². The van der Waals surface area contributed by atoms with Crippen LogP contribution in [0.1, 0.15) is 29.9 Å². The number of nitrogens with one attached hydrogen (secondary N) is 1. The van der Waals surface area contributed by atoms with Gasteiger partial charge >= 0.3 is 0 Å². The van der Waals surface area contributed by atoms with Gasteiger partial charge in [0.1, 0.15) is 17.9 Å². The number of aryl methyl sites for hydroxylation is 1. The van der Waals surface area contributed by atoms with Crippen LogP contribution in [0.25, 0.3) is 0 Å². The third-order valence-corrected chi connectivity index (χ3v) is 4.45. The minimum absolute atomic E-state index is 0.472. The number of hydrogen-bond acceptors (Lipinski definition) is 5. The van der Waals surface area contributed by atoms with Crippen LogP contribution in [0.4, 0.5) is 5.82 Å². The summed E-state index contributed by atoms with van der Waals surface area (Å²) in [4.78, 5) is 11.3. The quantitative estimate of drug-likeness (QED) is 0.933. The lowest BCUT2D eigenvalue weighted by atomic mass is 10.2. The van der Waals surface area contributed by atoms with Gasteiger partial charge in [-0.3, -0.25) is 4.90 Å². The first-order valence-electron chi connectivity index (χ1n) is 7.72. The maximum atomic E-state index is 5.43. The Balaban J connectivity index is 1.39. The summed E-state index contributed by atoms with van der Waals surface area (Å²) in [6.45, 7) is 3.04. The number of rotatable bonds is 4. The third kappa shape index (κ3) is 2.65. The maximum Gasteiger partial charge on any atom is 0.133 e. The average Bonchev–Trinajstić information content (AvgIpc) is 3.21. The molecule has 0 amide bonds. The fourth-order valence-corrected chi connectivity index (χ4v) is 3.39. The maximum absolute atomic E-state index is 5.43. The van der Waals surface area contributed by atoms with Gasteiger partial charge in [0.15, 0.2) is 0 Å². The van der Waals surface area contributed by atoms with Crippen LogP contribution in [0.5, 0.6) is 0 Å². The lowest BCUT2D eigenvalue weighted by Crippen LogP contribution is -2.26. The number of hydrogen-bond donors (Lipinski definition) is 1. The Labute approximate surface area is 124 Å². The second-order valence-corrected chi connectivity index (χ2v) is 5.95. The van der Waals surface area contributed by atoms with Crippen LogP contribution >= 0.6 is 0 Å². The summed E-state index contributed by atoms with van der Waals surface area (Å²) < 4.78 is 5.43. The molecular weight excluding hydrogens is 264 g/mol. The molecule has 2 aromatic heterocycles. The number of anilines is 1. The van der Waals surface area contributed by atoms with Gasteiger partial charge < -0.3 is 9.73 Å². The Hall–Kier alpha value is -1.88. The summed E-state index contributed by atoms with van der Waals surface area (Å²) in [5, 5.41) is 3.63. The summed E-state index contributed by atoms with van der Waals surface area (Å²) >= 11 is 0. The van der Waals surface area contributed by atoms with Gasteiger partial charge in [-0.2, -0.15) is 0 Å². The molecule has 21 heavy (non-hydrogen) atoms. The van der Waals surface area contributed by atoms with Crippen molar-refractivity contribution in [2.75, 3.05) is 18.4 Å². The highest BCUT2D eigenvalue weighted by Gasteiger charge is 2.25. The van der Waals surface area contributed by atoms with Crippen LogP contribution in [0, 0.1) is 0 Å². The van der Waals surface area contributed by atoms with Crippen molar-refractivity contribution >= 4 is 5.82 Å². The Morgan fingerprint density at radius 3 is 3.24 bits per heavy atom. The third-order valence-electron chi connectivity index (χ3n) is 4.45. The molecule has 0 aromatic carbocycles. The van der Waals surface area contributed by atoms with E-state index >= 15 is 0 Å². The first kappa shape index (κ1) is 12.8. The second-order valence-electron chi connectivity index (χ2n) is 5.95. The molecule has 110 valence electrons. The Kier molecular flexibility index (Phi) is 3.35. The zero-order valence-electron chi connectivity index (χ0n) is 12.1. The van der Waals surface area contributed by atoms with Crippen LogP contribution in [0.15, 0.2) is 29.1 Å². The topological polar surface area (TPSA) is 54.2 Å². The van der Waals surface area contributed by atoms with E-state index in [1.54, 1.807) is 12.6 Å². The number of fused-ring (bicyclic) bond motifs is 1. The predicted molar refractivity (Wildman–Crippen MR) is 80.1 cm³/mol. The minimum atomic E-state index is 0.472. The highest BCUT2D eigenvalue weighted by molar-refractivity contribution is 5.48. The van der Waals surface area contributed by atoms with Crippen molar-refractivity contribution in [3.05, 3.63) is 41.7 Å². The highest BCUT2D eigenvalue weighted by Crippen LogP contribution is 2.26. The van der Waals surface area contributed by atoms with E-state index in [0.717, 1.165) is 50.5 Å². The van der Waals surface area contributed by atoms with E-state index in [9.17, 15) is 0 Å². The van der Waals surface area contributed by atoms with Gasteiger partial charge in [0.25, 0.3) is 0 Å². The van der Waals surface area contributed by atoms with E-state index < -0.39 is 0 Å². The second kappa shape index (κ2) is 5.48. The first-order chi connectivity index (χ1) is 10.4. The van der Waals surface area contributed by atoms with Crippen molar-refractivity contribution in [1.29, 1.82) is 0 Å². The number of likely N-dealkylation sites (tertiary alicyclic amines) is 1. The van der Waals surface area contributed by atoms with E-state index in [-0.39, 0.29) is 0 Å². The van der Waals surface area contributed by atoms with Crippen molar-refractivity contribution in [3.63, 3.8) is 0 Å². The highest BCUT2D eigenvalue weighted by atomic mass is 16.3. The van der Waals surface area contributed by atoms with Gasteiger partial charge in [-0.25, -0.2) is 9.97 Å². The molecule has 0 bridgehead atoms. The van der Waals surface area contributed by atoms with Crippen LogP contribution in [0.3, 0.4) is 0 Å². The summed E-state index contributed by atoms with van der Waals surface area (Å²) in [5.41, 5.74) is 2.57. The molecule has 1 saturated heterocycles. The van der Waals surface area contributed by atoms with E-state index in [1.165, 1.54) is 17.7 Å². The summed E-state index contributed by atoms with van der Waals surface area (Å²) in [7, 11) is 0. The van der Waals surface area contributed by atoms with E-state index in [0.29, 0.717) is 6.04 Å². The number of nitrogens with zero attached hydrogens (tertiary/aromatic N) is 3. The van der Waals surface area contributed by atoms with Gasteiger partial charge in [0, 0.05) is 30.4 Å². The molecule has 1 unspecified atom stereocenters. The molecule has 1 aliphatic carbocycles. The van der Waals surface area contributed by atoms with Gasteiger partial charge in [0.2, 0.25) is 0 Å². The Bertz CT molecular complexity index is 611. The number of aromatic nitrogens is 2. The van der Waals surface area contributed by atoms with Gasteiger partial charge in [0.05, 0.1) is 12.8 Å². The van der Waals surface area contributed by atoms with Crippen molar-refractivity contribution in [1.82, 2.24) is 14.9 Å². The smallest absolute Gasteiger partial charge is 0.133 e. The van der Waals surface area contributed by atoms with E-state index in [1.807, 2.05) is 12.1 Å². The van der Waals surface area contributed by atoms with E-state index in [2.05, 4.69) is 20.2 Å². The number of furan rings is 1. The lowest BCUT2D eigenvalue weighted by molar-refractivity contribution is 0.295. The van der Waals surface area contributed by atoms with Gasteiger partial charge in [-0.15, -0.1) is 0 Å². The van der Waals surface area contributed by atoms with E-state index in [4.69, 9.17) is 4.42 Å². The van der Waals surface area contributed by atoms with Gasteiger partial charge in [-0.05, 0) is 37.8 Å². The predicted octanol–water partition coefficient (Wildman–Crippen LogP) is 2.24. The molecule has 1 aliphatic heterocycles. The fourth-order valence-electron chi connectivity index (χ4n) is 3.39. The molecule has 5 heteroatoms. The fraction of sp³-hybridized carbons (Fsp3) is 0.500. The zero-order valence-corrected chi connectivity index (χ0v) is 12.1. The SMILES string of the molecule is c1coc(CN2CCC(Nc3ncnc4c3CCC4)C2)c1. The average molecular weight is 284 g/mol. The summed E-state index contributed by atoms with van der Waals surface area (Å²) in [6, 6.07) is 4.46. The summed E-state index contributed by atoms with van der Waals surface area (Å²) in [6.07, 6.45) is 8.01. The standard InChI is InChI=1S/C16H20N4O/c1-4-14-15(5-1)17-11-18-16(14)19-12-6-7-20(9-12)10-13-3-2-8-21-13/h2-3,8,11-12H,1,4-7,9-10H2,(H,17,18,19). The molecule has 0 radical (unpaired) electrons. The molecular formula is C16H20N4O. The molecule has 5 nitrogen and oxygen atoms in total. The van der Waals surface area contributed by atoms with Crippen LogP contribution in [-0.2, 0) is 19.4 Å². The lowest BCUT2D eigenvalue weighted by Gasteiger charge is -2.17. The molecule has 2 aromatic rings. The van der Waals surface area contributed by atoms with Crippen LogP contribution in [0.2, 0.25) is 0 Å². The normalized spacial score (nSPS) is 21.6. The monoisotopic (exact) mass is 284 g/mol. The molecule has 1 fully saturated rings. The molecule has 4 rings (SSSR count). The largest absolute Gasteiger partial charge is 0.468 e. The molecule has 2 aliphatic rings. The molecule has 3 heterocycles. The van der Waals surface area contributed by atoms with Crippen LogP contribution in [-0.4, -0.2) is 34.0 Å². The molecule has 1 atom stereocenters. The van der Waals surface area contributed by atoms with Crippen molar-refractivity contribution < 1.29 is 4.42 Å². The zero-order chi connectivity index (χ0) is 14.1. The molecule has 0 spiro atoms. The summed E-state index contributed by atoms with van der Waals surface area (Å²) in [5.74, 6) is 2.10. The Morgan fingerprint density at radius 2 is 2.33 bits per heavy atom. The van der Waals surface area contributed by atoms with Crippen molar-refractivity contribution in [2.45, 2.75) is 38.3 Å². The Morgan fingerprint density at radius 1 is 1.33 bits per heavy atom. The van der Waals surface area contributed by atoms with Gasteiger partial charge in [-0.1, -0.05) is 0 Å². The first-order valence-corrected chi connectivity index (χ1v) is 7.72. The minimum Gasteiger partial charge on any atom is -0.468 e. The van der Waals surface area contributed by atoms with Crippen molar-refractivity contribution in [3.8, 4) is 0 Å².